The Morgan fingerprint density at radius 1 is 1.33 bits per heavy atom. The zero-order valence-corrected chi connectivity index (χ0v) is 6.30. The first-order valence-corrected chi connectivity index (χ1v) is 3.49. The van der Waals surface area contributed by atoms with Crippen LogP contribution in [0.2, 0.25) is 0 Å². The molecule has 2 atom stereocenters. The van der Waals surface area contributed by atoms with Gasteiger partial charge >= 0.3 is 11.9 Å². The van der Waals surface area contributed by atoms with Crippen LogP contribution in [-0.4, -0.2) is 39.7 Å². The normalized spacial score (nSPS) is 30.4. The van der Waals surface area contributed by atoms with Gasteiger partial charge in [-0.2, -0.15) is 0 Å². The molecule has 0 aromatic carbocycles. The second kappa shape index (κ2) is 3.08. The van der Waals surface area contributed by atoms with E-state index in [1.54, 1.807) is 0 Å². The highest BCUT2D eigenvalue weighted by Gasteiger charge is 2.38. The van der Waals surface area contributed by atoms with Gasteiger partial charge in [0, 0.05) is 6.54 Å². The quantitative estimate of drug-likeness (QED) is 0.450. The highest BCUT2D eigenvalue weighted by atomic mass is 16.4. The van der Waals surface area contributed by atoms with Gasteiger partial charge in [0.2, 0.25) is 0 Å². The number of nitrogens with zero attached hydrogens (tertiary/aromatic N) is 1. The molecule has 0 aromatic rings. The van der Waals surface area contributed by atoms with Gasteiger partial charge in [-0.05, 0) is 6.42 Å². The Morgan fingerprint density at radius 3 is 2.17 bits per heavy atom. The standard InChI is InChI=1S/C6H10N2O4/c7-8-2-3(5(9)10)1-4(8)6(11)12/h3-4H,1-2,7H2,(H,9,10)(H,11,12)/t3-,4-/m1/s1. The minimum absolute atomic E-state index is 0.0845. The van der Waals surface area contributed by atoms with Crippen molar-refractivity contribution in [2.24, 2.45) is 11.8 Å². The Hall–Kier alpha value is -1.14. The van der Waals surface area contributed by atoms with Crippen LogP contribution in [0.5, 0.6) is 0 Å². The molecular formula is C6H10N2O4. The molecule has 1 fully saturated rings. The van der Waals surface area contributed by atoms with Crippen LogP contribution in [0.15, 0.2) is 0 Å². The SMILES string of the molecule is NN1C[C@H](C(=O)O)C[C@@H]1C(=O)O. The lowest BCUT2D eigenvalue weighted by molar-refractivity contribution is -0.142. The summed E-state index contributed by atoms with van der Waals surface area (Å²) in [5, 5.41) is 18.2. The zero-order valence-electron chi connectivity index (χ0n) is 6.30. The summed E-state index contributed by atoms with van der Waals surface area (Å²) in [4.78, 5) is 20.9. The van der Waals surface area contributed by atoms with E-state index in [0.717, 1.165) is 5.01 Å². The number of hydrazine groups is 1. The topological polar surface area (TPSA) is 104 Å². The third kappa shape index (κ3) is 1.54. The molecule has 1 rings (SSSR count). The predicted molar refractivity (Wildman–Crippen MR) is 38.1 cm³/mol. The summed E-state index contributed by atoms with van der Waals surface area (Å²) in [6.07, 6.45) is 0.0845. The molecule has 0 unspecified atom stereocenters. The third-order valence-electron chi connectivity index (χ3n) is 1.97. The molecule has 0 aliphatic carbocycles. The van der Waals surface area contributed by atoms with Crippen LogP contribution < -0.4 is 5.84 Å². The average Bonchev–Trinajstić information content (AvgIpc) is 2.30. The lowest BCUT2D eigenvalue weighted by Gasteiger charge is -2.12. The van der Waals surface area contributed by atoms with E-state index >= 15 is 0 Å². The number of carboxylic acid groups (broad SMARTS) is 2. The van der Waals surface area contributed by atoms with Crippen molar-refractivity contribution in [3.8, 4) is 0 Å². The Labute approximate surface area is 68.5 Å². The van der Waals surface area contributed by atoms with Gasteiger partial charge in [-0.15, -0.1) is 0 Å². The highest BCUT2D eigenvalue weighted by Crippen LogP contribution is 2.20. The van der Waals surface area contributed by atoms with Gasteiger partial charge in [0.1, 0.15) is 6.04 Å². The first-order chi connectivity index (χ1) is 5.52. The summed E-state index contributed by atoms with van der Waals surface area (Å²) in [6.45, 7) is 0.103. The average molecular weight is 174 g/mol. The van der Waals surface area contributed by atoms with E-state index < -0.39 is 23.9 Å². The van der Waals surface area contributed by atoms with Crippen LogP contribution in [-0.2, 0) is 9.59 Å². The molecule has 0 spiro atoms. The van der Waals surface area contributed by atoms with Gasteiger partial charge in [-0.1, -0.05) is 0 Å². The maximum atomic E-state index is 10.5. The number of carboxylic acids is 2. The largest absolute Gasteiger partial charge is 0.481 e. The van der Waals surface area contributed by atoms with Crippen molar-refractivity contribution in [2.75, 3.05) is 6.54 Å². The molecule has 0 aromatic heterocycles. The summed E-state index contributed by atoms with van der Waals surface area (Å²) >= 11 is 0. The molecular weight excluding hydrogens is 164 g/mol. The molecule has 0 radical (unpaired) electrons. The molecule has 6 nitrogen and oxygen atoms in total. The summed E-state index contributed by atoms with van der Waals surface area (Å²) in [6, 6.07) is -0.855. The summed E-state index contributed by atoms with van der Waals surface area (Å²) in [7, 11) is 0. The molecule has 12 heavy (non-hydrogen) atoms. The first kappa shape index (κ1) is 8.95. The van der Waals surface area contributed by atoms with E-state index in [-0.39, 0.29) is 13.0 Å². The van der Waals surface area contributed by atoms with Crippen molar-refractivity contribution in [3.63, 3.8) is 0 Å². The van der Waals surface area contributed by atoms with Gasteiger partial charge in [0.15, 0.2) is 0 Å². The number of aliphatic carboxylic acids is 2. The number of rotatable bonds is 2. The monoisotopic (exact) mass is 174 g/mol. The molecule has 1 aliphatic rings. The van der Waals surface area contributed by atoms with E-state index in [1.807, 2.05) is 0 Å². The molecule has 0 bridgehead atoms. The Kier molecular flexibility index (Phi) is 2.30. The van der Waals surface area contributed by atoms with Gasteiger partial charge < -0.3 is 10.2 Å². The maximum absolute atomic E-state index is 10.5. The minimum atomic E-state index is -1.07. The molecule has 1 heterocycles. The zero-order chi connectivity index (χ0) is 9.30. The van der Waals surface area contributed by atoms with Crippen LogP contribution >= 0.6 is 0 Å². The Morgan fingerprint density at radius 2 is 1.92 bits per heavy atom. The molecule has 68 valence electrons. The minimum Gasteiger partial charge on any atom is -0.481 e. The van der Waals surface area contributed by atoms with E-state index in [0.29, 0.717) is 0 Å². The van der Waals surface area contributed by atoms with E-state index in [9.17, 15) is 9.59 Å². The van der Waals surface area contributed by atoms with Gasteiger partial charge in [0.05, 0.1) is 5.92 Å². The number of hydrogen-bond acceptors (Lipinski definition) is 4. The van der Waals surface area contributed by atoms with Crippen molar-refractivity contribution in [3.05, 3.63) is 0 Å². The van der Waals surface area contributed by atoms with Gasteiger partial charge in [-0.3, -0.25) is 15.4 Å². The molecule has 4 N–H and O–H groups in total. The van der Waals surface area contributed by atoms with Crippen LogP contribution in [0.1, 0.15) is 6.42 Å². The fourth-order valence-corrected chi connectivity index (χ4v) is 1.28. The van der Waals surface area contributed by atoms with Gasteiger partial charge in [0.25, 0.3) is 0 Å². The molecule has 1 aliphatic heterocycles. The number of nitrogens with two attached hydrogens (primary N) is 1. The second-order valence-electron chi connectivity index (χ2n) is 2.82. The summed E-state index contributed by atoms with van der Waals surface area (Å²) in [5.74, 6) is 2.58. The molecule has 1 saturated heterocycles. The fraction of sp³-hybridized carbons (Fsp3) is 0.667. The predicted octanol–water partition coefficient (Wildman–Crippen LogP) is -1.28. The van der Waals surface area contributed by atoms with Crippen molar-refractivity contribution in [1.82, 2.24) is 5.01 Å². The molecule has 6 heteroatoms. The smallest absolute Gasteiger partial charge is 0.322 e. The lowest BCUT2D eigenvalue weighted by Crippen LogP contribution is -2.41. The van der Waals surface area contributed by atoms with Crippen molar-refractivity contribution in [1.29, 1.82) is 0 Å². The summed E-state index contributed by atoms with van der Waals surface area (Å²) in [5.41, 5.74) is 0. The second-order valence-corrected chi connectivity index (χ2v) is 2.82. The number of carbonyl (C=O) groups is 2. The van der Waals surface area contributed by atoms with Crippen LogP contribution in [0, 0.1) is 5.92 Å². The molecule has 0 saturated carbocycles. The Balaban J connectivity index is 2.62. The van der Waals surface area contributed by atoms with Crippen LogP contribution in [0.4, 0.5) is 0 Å². The van der Waals surface area contributed by atoms with Crippen molar-refractivity contribution < 1.29 is 19.8 Å². The Bertz CT molecular complexity index is 218. The van der Waals surface area contributed by atoms with Crippen molar-refractivity contribution >= 4 is 11.9 Å². The van der Waals surface area contributed by atoms with Gasteiger partial charge in [-0.25, -0.2) is 5.01 Å². The van der Waals surface area contributed by atoms with Crippen LogP contribution in [0.3, 0.4) is 0 Å². The van der Waals surface area contributed by atoms with E-state index in [1.165, 1.54) is 0 Å². The highest BCUT2D eigenvalue weighted by molar-refractivity contribution is 5.77. The third-order valence-corrected chi connectivity index (χ3v) is 1.97. The lowest BCUT2D eigenvalue weighted by atomic mass is 10.1. The molecule has 0 amide bonds. The maximum Gasteiger partial charge on any atom is 0.322 e. The van der Waals surface area contributed by atoms with E-state index in [2.05, 4.69) is 0 Å². The number of hydrogen-bond donors (Lipinski definition) is 3. The first-order valence-electron chi connectivity index (χ1n) is 3.49. The van der Waals surface area contributed by atoms with Crippen LogP contribution in [0.25, 0.3) is 0 Å². The van der Waals surface area contributed by atoms with E-state index in [4.69, 9.17) is 16.1 Å². The van der Waals surface area contributed by atoms with Crippen molar-refractivity contribution in [2.45, 2.75) is 12.5 Å². The summed E-state index contributed by atoms with van der Waals surface area (Å²) < 4.78 is 0. The fourth-order valence-electron chi connectivity index (χ4n) is 1.28.